The van der Waals surface area contributed by atoms with Crippen LogP contribution < -0.4 is 5.32 Å². The quantitative estimate of drug-likeness (QED) is 0.448. The summed E-state index contributed by atoms with van der Waals surface area (Å²) in [6.45, 7) is -0.291. The van der Waals surface area contributed by atoms with Crippen LogP contribution in [0.1, 0.15) is 40.7 Å². The number of aromatic carboxylic acids is 1. The molecule has 0 saturated heterocycles. The maximum atomic E-state index is 13.7. The maximum Gasteiger partial charge on any atom is 0.337 e. The number of benzene rings is 2. The molecule has 1 heterocycles. The van der Waals surface area contributed by atoms with Crippen molar-refractivity contribution in [2.75, 3.05) is 5.32 Å². The van der Waals surface area contributed by atoms with Crippen molar-refractivity contribution in [3.63, 3.8) is 0 Å². The highest BCUT2D eigenvalue weighted by atomic mass is 35.5. The lowest BCUT2D eigenvalue weighted by Gasteiger charge is -2.24. The Hall–Kier alpha value is -3.03. The van der Waals surface area contributed by atoms with Gasteiger partial charge in [-0.3, -0.25) is 4.98 Å². The Balaban J connectivity index is 1.89. The van der Waals surface area contributed by atoms with Crippen molar-refractivity contribution in [3.8, 4) is 0 Å². The second-order valence-corrected chi connectivity index (χ2v) is 7.90. The molecule has 0 fully saturated rings. The van der Waals surface area contributed by atoms with Crippen molar-refractivity contribution in [2.24, 2.45) is 0 Å². The van der Waals surface area contributed by atoms with Crippen molar-refractivity contribution < 1.29 is 23.8 Å². The molecule has 0 amide bonds. The van der Waals surface area contributed by atoms with Gasteiger partial charge in [0.2, 0.25) is 0 Å². The van der Waals surface area contributed by atoms with Gasteiger partial charge < -0.3 is 15.5 Å². The van der Waals surface area contributed by atoms with E-state index in [1.807, 2.05) is 0 Å². The van der Waals surface area contributed by atoms with Crippen LogP contribution >= 0.6 is 11.6 Å². The Kier molecular flexibility index (Phi) is 5.64. The van der Waals surface area contributed by atoms with E-state index in [0.717, 1.165) is 0 Å². The number of nitrogens with zero attached hydrogens (tertiary/aromatic N) is 1. The van der Waals surface area contributed by atoms with Crippen LogP contribution in [0.25, 0.3) is 16.5 Å². The molecule has 8 heteroatoms. The lowest BCUT2D eigenvalue weighted by atomic mass is 9.90. The highest BCUT2D eigenvalue weighted by molar-refractivity contribution is 6.31. The first-order valence-corrected chi connectivity index (χ1v) is 10.0. The summed E-state index contributed by atoms with van der Waals surface area (Å²) in [6.07, 6.45) is 2.66. The molecule has 3 aromatic rings. The average molecular weight is 445 g/mol. The second-order valence-electron chi connectivity index (χ2n) is 7.47. The number of allylic oxidation sites excluding steroid dienone is 2. The van der Waals surface area contributed by atoms with Gasteiger partial charge in [-0.2, -0.15) is 0 Å². The van der Waals surface area contributed by atoms with E-state index in [0.29, 0.717) is 44.0 Å². The summed E-state index contributed by atoms with van der Waals surface area (Å²) in [4.78, 5) is 16.3. The van der Waals surface area contributed by atoms with Crippen molar-refractivity contribution in [1.82, 2.24) is 4.98 Å². The third-order valence-electron chi connectivity index (χ3n) is 5.34. The molecule has 4 rings (SSSR count). The summed E-state index contributed by atoms with van der Waals surface area (Å²) in [5.74, 6) is -3.89. The number of carboxylic acid groups (broad SMARTS) is 1. The summed E-state index contributed by atoms with van der Waals surface area (Å²) in [6, 6.07) is 9.71. The van der Waals surface area contributed by atoms with Crippen molar-refractivity contribution in [1.29, 1.82) is 0 Å². The molecule has 0 unspecified atom stereocenters. The predicted octanol–water partition coefficient (Wildman–Crippen LogP) is 6.02. The molecule has 1 aliphatic carbocycles. The third kappa shape index (κ3) is 4.38. The fraction of sp³-hybridized carbons (Fsp3) is 0.217. The molecule has 31 heavy (non-hydrogen) atoms. The van der Waals surface area contributed by atoms with Crippen molar-refractivity contribution in [3.05, 3.63) is 70.4 Å². The first-order valence-electron chi connectivity index (χ1n) is 9.67. The number of aliphatic hydroxyl groups is 1. The molecule has 1 aromatic heterocycles. The Morgan fingerprint density at radius 1 is 1.23 bits per heavy atom. The molecule has 3 N–H and O–H groups in total. The molecule has 0 aliphatic heterocycles. The number of hydrogen-bond acceptors (Lipinski definition) is 4. The number of alkyl halides is 2. The number of halogens is 3. The number of hydrogen-bond donors (Lipinski definition) is 3. The smallest absolute Gasteiger partial charge is 0.337 e. The van der Waals surface area contributed by atoms with Gasteiger partial charge in [-0.25, -0.2) is 13.6 Å². The molecular weight excluding hydrogens is 426 g/mol. The standard InChI is InChI=1S/C23H19ClF2N2O3/c24-15-2-4-19-16(10-15)21(18(11-27-19)14-5-7-23(25,26)8-6-14)28-20-3-1-13(12-29)9-17(20)22(30)31/h1-5,9-11,29H,6-8,12H2,(H,27,28)(H,30,31). The van der Waals surface area contributed by atoms with Crippen LogP contribution in [0.3, 0.4) is 0 Å². The van der Waals surface area contributed by atoms with Crippen LogP contribution in [0.5, 0.6) is 0 Å². The van der Waals surface area contributed by atoms with Crippen LogP contribution in [-0.4, -0.2) is 27.1 Å². The van der Waals surface area contributed by atoms with Gasteiger partial charge in [-0.15, -0.1) is 0 Å². The summed E-state index contributed by atoms with van der Waals surface area (Å²) in [5.41, 5.74) is 3.25. The zero-order valence-corrected chi connectivity index (χ0v) is 17.1. The molecular formula is C23H19ClF2N2O3. The second kappa shape index (κ2) is 8.24. The van der Waals surface area contributed by atoms with Gasteiger partial charge in [0.1, 0.15) is 0 Å². The molecule has 0 radical (unpaired) electrons. The van der Waals surface area contributed by atoms with Crippen molar-refractivity contribution in [2.45, 2.75) is 31.8 Å². The normalized spacial score (nSPS) is 15.5. The van der Waals surface area contributed by atoms with Crippen molar-refractivity contribution >= 4 is 45.4 Å². The van der Waals surface area contributed by atoms with E-state index in [-0.39, 0.29) is 31.4 Å². The first kappa shape index (κ1) is 21.2. The van der Waals surface area contributed by atoms with E-state index in [1.165, 1.54) is 12.1 Å². The van der Waals surface area contributed by atoms with E-state index in [2.05, 4.69) is 10.3 Å². The summed E-state index contributed by atoms with van der Waals surface area (Å²) >= 11 is 6.20. The number of rotatable bonds is 5. The first-order chi connectivity index (χ1) is 14.8. The fourth-order valence-corrected chi connectivity index (χ4v) is 3.86. The van der Waals surface area contributed by atoms with Gasteiger partial charge >= 0.3 is 5.97 Å². The number of nitrogens with one attached hydrogen (secondary N) is 1. The minimum Gasteiger partial charge on any atom is -0.478 e. The van der Waals surface area contributed by atoms with E-state index in [4.69, 9.17) is 11.6 Å². The number of aliphatic hydroxyl groups excluding tert-OH is 1. The number of carboxylic acids is 1. The fourth-order valence-electron chi connectivity index (χ4n) is 3.69. The highest BCUT2D eigenvalue weighted by Crippen LogP contribution is 2.41. The Bertz CT molecular complexity index is 1210. The largest absolute Gasteiger partial charge is 0.478 e. The SMILES string of the molecule is O=C(O)c1cc(CO)ccc1Nc1c(C2=CCC(F)(F)CC2)cnc2ccc(Cl)cc12. The van der Waals surface area contributed by atoms with E-state index in [9.17, 15) is 23.8 Å². The molecule has 1 aliphatic rings. The zero-order chi connectivity index (χ0) is 22.2. The molecule has 5 nitrogen and oxygen atoms in total. The number of anilines is 2. The van der Waals surface area contributed by atoms with Crippen LogP contribution in [0.2, 0.25) is 5.02 Å². The number of pyridine rings is 1. The van der Waals surface area contributed by atoms with Gasteiger partial charge in [-0.05, 0) is 47.9 Å². The number of aromatic nitrogens is 1. The van der Waals surface area contributed by atoms with E-state index >= 15 is 0 Å². The summed E-state index contributed by atoms with van der Waals surface area (Å²) < 4.78 is 27.4. The van der Waals surface area contributed by atoms with Gasteiger partial charge in [0.05, 0.1) is 29.1 Å². The van der Waals surface area contributed by atoms with E-state index in [1.54, 1.807) is 36.5 Å². The van der Waals surface area contributed by atoms with Crippen LogP contribution in [-0.2, 0) is 6.61 Å². The number of fused-ring (bicyclic) bond motifs is 1. The molecule has 0 atom stereocenters. The Morgan fingerprint density at radius 2 is 2.03 bits per heavy atom. The zero-order valence-electron chi connectivity index (χ0n) is 16.3. The van der Waals surface area contributed by atoms with Gasteiger partial charge in [0.25, 0.3) is 5.92 Å². The van der Waals surface area contributed by atoms with Crippen LogP contribution in [0, 0.1) is 0 Å². The lowest BCUT2D eigenvalue weighted by molar-refractivity contribution is -0.00603. The van der Waals surface area contributed by atoms with Gasteiger partial charge in [-0.1, -0.05) is 23.7 Å². The molecule has 0 saturated carbocycles. The molecule has 2 aromatic carbocycles. The Labute approximate surface area is 182 Å². The minimum atomic E-state index is -2.73. The summed E-state index contributed by atoms with van der Waals surface area (Å²) in [5, 5.41) is 23.3. The lowest BCUT2D eigenvalue weighted by Crippen LogP contribution is -2.18. The highest BCUT2D eigenvalue weighted by Gasteiger charge is 2.32. The topological polar surface area (TPSA) is 82.5 Å². The number of carbonyl (C=O) groups is 1. The maximum absolute atomic E-state index is 13.7. The predicted molar refractivity (Wildman–Crippen MR) is 116 cm³/mol. The monoisotopic (exact) mass is 444 g/mol. The van der Waals surface area contributed by atoms with E-state index < -0.39 is 11.9 Å². The average Bonchev–Trinajstić information content (AvgIpc) is 2.74. The third-order valence-corrected chi connectivity index (χ3v) is 5.57. The van der Waals surface area contributed by atoms with Crippen LogP contribution in [0.4, 0.5) is 20.2 Å². The Morgan fingerprint density at radius 3 is 2.71 bits per heavy atom. The van der Waals surface area contributed by atoms with Gasteiger partial charge in [0, 0.05) is 35.0 Å². The van der Waals surface area contributed by atoms with Crippen LogP contribution in [0.15, 0.2) is 48.7 Å². The minimum absolute atomic E-state index is 0.0198. The molecule has 0 bridgehead atoms. The summed E-state index contributed by atoms with van der Waals surface area (Å²) in [7, 11) is 0. The molecule has 160 valence electrons. The van der Waals surface area contributed by atoms with Gasteiger partial charge in [0.15, 0.2) is 0 Å². The molecule has 0 spiro atoms.